The highest BCUT2D eigenvalue weighted by Crippen LogP contribution is 2.22. The van der Waals surface area contributed by atoms with Crippen molar-refractivity contribution in [2.24, 2.45) is 15.9 Å². The van der Waals surface area contributed by atoms with Crippen LogP contribution in [0.2, 0.25) is 0 Å². The minimum absolute atomic E-state index is 0.00706. The van der Waals surface area contributed by atoms with Gasteiger partial charge in [-0.05, 0) is 33.1 Å². The molecule has 8 heteroatoms. The number of thioether (sulfide) groups is 1. The van der Waals surface area contributed by atoms with E-state index in [1.807, 2.05) is 4.90 Å². The normalized spacial score (nSPS) is 21.6. The zero-order valence-electron chi connectivity index (χ0n) is 13.4. The molecule has 0 aromatic carbocycles. The highest BCUT2D eigenvalue weighted by Gasteiger charge is 2.34. The van der Waals surface area contributed by atoms with Gasteiger partial charge in [0.2, 0.25) is 5.91 Å². The van der Waals surface area contributed by atoms with E-state index in [1.165, 1.54) is 0 Å². The molecular formula is C15H21N3O4S. The molecule has 1 atom stereocenters. The number of ether oxygens (including phenoxy) is 1. The van der Waals surface area contributed by atoms with Crippen LogP contribution in [0.4, 0.5) is 4.79 Å². The van der Waals surface area contributed by atoms with E-state index in [0.717, 1.165) is 44.1 Å². The van der Waals surface area contributed by atoms with Gasteiger partial charge in [0, 0.05) is 18.8 Å². The van der Waals surface area contributed by atoms with Crippen LogP contribution in [0, 0.1) is 5.92 Å². The number of piperidine rings is 1. The van der Waals surface area contributed by atoms with Gasteiger partial charge in [-0.15, -0.1) is 0 Å². The first-order chi connectivity index (χ1) is 11.0. The van der Waals surface area contributed by atoms with Gasteiger partial charge in [0.05, 0.1) is 17.4 Å². The van der Waals surface area contributed by atoms with Crippen LogP contribution in [0.3, 0.4) is 0 Å². The van der Waals surface area contributed by atoms with Crippen molar-refractivity contribution in [1.29, 1.82) is 0 Å². The van der Waals surface area contributed by atoms with Crippen LogP contribution < -0.4 is 0 Å². The third kappa shape index (κ3) is 4.63. The Morgan fingerprint density at radius 2 is 1.96 bits per heavy atom. The molecule has 2 rings (SSSR count). The number of esters is 1. The monoisotopic (exact) mass is 339 g/mol. The lowest BCUT2D eigenvalue weighted by Crippen LogP contribution is -2.38. The predicted molar refractivity (Wildman–Crippen MR) is 89.0 cm³/mol. The molecule has 2 heterocycles. The van der Waals surface area contributed by atoms with Crippen LogP contribution in [-0.4, -0.2) is 59.0 Å². The summed E-state index contributed by atoms with van der Waals surface area (Å²) in [7, 11) is 0. The molecule has 0 radical (unpaired) electrons. The molecular weight excluding hydrogens is 318 g/mol. The third-order valence-corrected chi connectivity index (χ3v) is 4.73. The van der Waals surface area contributed by atoms with Crippen LogP contribution in [0.1, 0.15) is 33.1 Å². The second-order valence-electron chi connectivity index (χ2n) is 5.40. The molecule has 1 unspecified atom stereocenters. The van der Waals surface area contributed by atoms with Crippen molar-refractivity contribution in [3.05, 3.63) is 0 Å². The van der Waals surface area contributed by atoms with Gasteiger partial charge in [-0.1, -0.05) is 11.8 Å². The maximum Gasteiger partial charge on any atom is 0.367 e. The van der Waals surface area contributed by atoms with Gasteiger partial charge in [-0.2, -0.15) is 9.98 Å². The predicted octanol–water partition coefficient (Wildman–Crippen LogP) is 1.90. The number of nitrogens with zero attached hydrogens (tertiary/aromatic N) is 3. The van der Waals surface area contributed by atoms with Crippen LogP contribution in [-0.2, 0) is 14.3 Å². The van der Waals surface area contributed by atoms with Gasteiger partial charge in [-0.25, -0.2) is 4.79 Å². The first-order valence-corrected chi connectivity index (χ1v) is 8.76. The van der Waals surface area contributed by atoms with Gasteiger partial charge >= 0.3 is 12.0 Å². The first-order valence-electron chi connectivity index (χ1n) is 7.78. The Bertz CT molecular complexity index is 553. The molecule has 0 spiro atoms. The van der Waals surface area contributed by atoms with Gasteiger partial charge in [0.15, 0.2) is 0 Å². The van der Waals surface area contributed by atoms with E-state index in [-0.39, 0.29) is 18.3 Å². The Morgan fingerprint density at radius 3 is 2.61 bits per heavy atom. The highest BCUT2D eigenvalue weighted by molar-refractivity contribution is 8.14. The van der Waals surface area contributed by atoms with Crippen molar-refractivity contribution in [3.63, 3.8) is 0 Å². The van der Waals surface area contributed by atoms with E-state index in [9.17, 15) is 14.4 Å². The number of likely N-dealkylation sites (tertiary alicyclic amines) is 1. The Labute approximate surface area is 139 Å². The largest absolute Gasteiger partial charge is 0.465 e. The van der Waals surface area contributed by atoms with Crippen molar-refractivity contribution in [3.8, 4) is 0 Å². The number of carbonyl (C=O) groups excluding carboxylic acids is 3. The summed E-state index contributed by atoms with van der Waals surface area (Å²) in [6.07, 6.45) is 3.19. The number of urea groups is 1. The topological polar surface area (TPSA) is 88.4 Å². The van der Waals surface area contributed by atoms with E-state index >= 15 is 0 Å². The molecule has 0 bridgehead atoms. The summed E-state index contributed by atoms with van der Waals surface area (Å²) in [5.74, 6) is -1.10. The van der Waals surface area contributed by atoms with Gasteiger partial charge in [0.1, 0.15) is 5.92 Å². The molecule has 2 aliphatic heterocycles. The van der Waals surface area contributed by atoms with Crippen LogP contribution in [0.5, 0.6) is 0 Å². The second-order valence-corrected chi connectivity index (χ2v) is 6.40. The Balaban J connectivity index is 2.01. The number of aliphatic imine (C=N–C) groups is 2. The molecule has 23 heavy (non-hydrogen) atoms. The summed E-state index contributed by atoms with van der Waals surface area (Å²) in [6.45, 7) is 5.09. The zero-order valence-corrected chi connectivity index (χ0v) is 14.2. The average molecular weight is 339 g/mol. The number of rotatable bonds is 4. The Morgan fingerprint density at radius 1 is 1.26 bits per heavy atom. The van der Waals surface area contributed by atoms with Crippen molar-refractivity contribution >= 4 is 40.4 Å². The molecule has 1 saturated heterocycles. The molecule has 3 amide bonds. The molecule has 2 aliphatic rings. The minimum atomic E-state index is -0.785. The van der Waals surface area contributed by atoms with E-state index in [2.05, 4.69) is 9.98 Å². The lowest BCUT2D eigenvalue weighted by atomic mass is 10.1. The van der Waals surface area contributed by atoms with E-state index in [0.29, 0.717) is 10.8 Å². The molecule has 0 aliphatic carbocycles. The van der Waals surface area contributed by atoms with Gasteiger partial charge < -0.3 is 9.64 Å². The van der Waals surface area contributed by atoms with Crippen LogP contribution in [0.15, 0.2) is 9.98 Å². The zero-order chi connectivity index (χ0) is 16.8. The van der Waals surface area contributed by atoms with Crippen LogP contribution >= 0.6 is 11.8 Å². The fourth-order valence-electron chi connectivity index (χ4n) is 2.56. The van der Waals surface area contributed by atoms with Crippen molar-refractivity contribution < 1.29 is 19.1 Å². The molecule has 0 N–H and O–H groups in total. The molecule has 1 fully saturated rings. The lowest BCUT2D eigenvalue weighted by molar-refractivity contribution is -0.143. The average Bonchev–Trinajstić information content (AvgIpc) is 2.53. The minimum Gasteiger partial charge on any atom is -0.465 e. The van der Waals surface area contributed by atoms with Crippen molar-refractivity contribution in [2.45, 2.75) is 33.1 Å². The summed E-state index contributed by atoms with van der Waals surface area (Å²) in [6, 6.07) is -0.643. The first kappa shape index (κ1) is 17.7. The van der Waals surface area contributed by atoms with Gasteiger partial charge in [0.25, 0.3) is 0 Å². The van der Waals surface area contributed by atoms with Crippen molar-refractivity contribution in [2.75, 3.05) is 25.4 Å². The third-order valence-electron chi connectivity index (χ3n) is 3.72. The van der Waals surface area contributed by atoms with Crippen molar-refractivity contribution in [1.82, 2.24) is 4.90 Å². The Hall–Kier alpha value is -1.70. The number of hydrogen-bond acceptors (Lipinski definition) is 5. The standard InChI is InChI=1S/C15H21N3O4S/c1-3-22-14(20)12-10(2)16-15(21)17-13(12)23-9-11(19)18-7-5-4-6-8-18/h12H,3-9H2,1-2H3. The highest BCUT2D eigenvalue weighted by atomic mass is 32.2. The fourth-order valence-corrected chi connectivity index (χ4v) is 3.59. The molecule has 7 nitrogen and oxygen atoms in total. The molecule has 0 saturated carbocycles. The summed E-state index contributed by atoms with van der Waals surface area (Å²) < 4.78 is 5.02. The van der Waals surface area contributed by atoms with E-state index in [1.54, 1.807) is 13.8 Å². The summed E-state index contributed by atoms with van der Waals surface area (Å²) in [4.78, 5) is 45.2. The lowest BCUT2D eigenvalue weighted by Gasteiger charge is -2.27. The van der Waals surface area contributed by atoms with E-state index < -0.39 is 17.9 Å². The second kappa shape index (κ2) is 8.24. The number of hydrogen-bond donors (Lipinski definition) is 0. The smallest absolute Gasteiger partial charge is 0.367 e. The summed E-state index contributed by atoms with van der Waals surface area (Å²) in [5.41, 5.74) is 0.358. The quantitative estimate of drug-likeness (QED) is 0.730. The fraction of sp³-hybridized carbons (Fsp3) is 0.667. The molecule has 126 valence electrons. The maximum absolute atomic E-state index is 12.2. The molecule has 0 aromatic heterocycles. The summed E-state index contributed by atoms with van der Waals surface area (Å²) in [5, 5.41) is 0.298. The van der Waals surface area contributed by atoms with Crippen LogP contribution in [0.25, 0.3) is 0 Å². The number of amides is 3. The SMILES string of the molecule is CCOC(=O)C1C(C)=NC(=O)N=C1SCC(=O)N1CCCCC1. The number of carbonyl (C=O) groups is 3. The van der Waals surface area contributed by atoms with Gasteiger partial charge in [-0.3, -0.25) is 9.59 Å². The molecule has 0 aromatic rings. The Kier molecular flexibility index (Phi) is 6.32. The van der Waals surface area contributed by atoms with E-state index in [4.69, 9.17) is 4.74 Å². The summed E-state index contributed by atoms with van der Waals surface area (Å²) >= 11 is 1.13. The maximum atomic E-state index is 12.2.